The van der Waals surface area contributed by atoms with E-state index in [1.807, 2.05) is 25.5 Å². The van der Waals surface area contributed by atoms with E-state index in [2.05, 4.69) is 14.5 Å². The first-order chi connectivity index (χ1) is 12.2. The van der Waals surface area contributed by atoms with Gasteiger partial charge in [0.25, 0.3) is 0 Å². The maximum Gasteiger partial charge on any atom is 0.315 e. The number of aromatic nitrogens is 3. The summed E-state index contributed by atoms with van der Waals surface area (Å²) in [5.41, 5.74) is 7.35. The van der Waals surface area contributed by atoms with Crippen molar-refractivity contribution < 1.29 is 9.53 Å². The van der Waals surface area contributed by atoms with Crippen LogP contribution >= 0.6 is 0 Å². The second-order valence-electron chi connectivity index (χ2n) is 6.64. The van der Waals surface area contributed by atoms with E-state index in [-0.39, 0.29) is 5.97 Å². The van der Waals surface area contributed by atoms with Gasteiger partial charge in [0.05, 0.1) is 18.6 Å². The van der Waals surface area contributed by atoms with E-state index in [0.717, 1.165) is 11.3 Å². The average Bonchev–Trinajstić information content (AvgIpc) is 3.12. The number of nitrogens with zero attached hydrogens (tertiary/aromatic N) is 3. The number of ether oxygens (including phenoxy) is 1. The molecule has 0 bridgehead atoms. The number of hydrogen-bond donors (Lipinski definition) is 1. The molecule has 6 nitrogen and oxygen atoms in total. The number of pyridine rings is 1. The third kappa shape index (κ3) is 4.38. The van der Waals surface area contributed by atoms with Crippen molar-refractivity contribution in [1.82, 2.24) is 14.5 Å². The number of imidazole rings is 1. The molecule has 1 aliphatic rings. The molecule has 0 saturated heterocycles. The molecule has 0 spiro atoms. The molecule has 0 amide bonds. The van der Waals surface area contributed by atoms with Gasteiger partial charge in [-0.2, -0.15) is 0 Å². The van der Waals surface area contributed by atoms with E-state index >= 15 is 0 Å². The van der Waals surface area contributed by atoms with Gasteiger partial charge in [0.2, 0.25) is 0 Å². The number of nitrogen functional groups attached to an aromatic ring is 1. The molecular weight excluding hydrogens is 316 g/mol. The van der Waals surface area contributed by atoms with E-state index in [1.54, 1.807) is 12.3 Å². The summed E-state index contributed by atoms with van der Waals surface area (Å²) in [6.07, 6.45) is 12.3. The highest BCUT2D eigenvalue weighted by atomic mass is 16.5. The number of rotatable bonds is 6. The number of carbonyl (C=O) groups is 1. The Hall–Kier alpha value is -2.37. The van der Waals surface area contributed by atoms with Gasteiger partial charge in [0, 0.05) is 18.4 Å². The summed E-state index contributed by atoms with van der Waals surface area (Å²) >= 11 is 0. The first-order valence-corrected chi connectivity index (χ1v) is 9.07. The van der Waals surface area contributed by atoms with Gasteiger partial charge in [-0.3, -0.25) is 4.79 Å². The van der Waals surface area contributed by atoms with Crippen molar-refractivity contribution in [2.24, 2.45) is 0 Å². The Morgan fingerprint density at radius 2 is 2.12 bits per heavy atom. The Labute approximate surface area is 148 Å². The van der Waals surface area contributed by atoms with Crippen LogP contribution in [-0.2, 0) is 16.0 Å². The molecule has 25 heavy (non-hydrogen) atoms. The molecule has 0 aromatic carbocycles. The quantitative estimate of drug-likeness (QED) is 0.815. The molecule has 2 N–H and O–H groups in total. The second-order valence-corrected chi connectivity index (χ2v) is 6.64. The van der Waals surface area contributed by atoms with Gasteiger partial charge >= 0.3 is 5.97 Å². The van der Waals surface area contributed by atoms with Crippen molar-refractivity contribution in [3.63, 3.8) is 0 Å². The van der Waals surface area contributed by atoms with Crippen molar-refractivity contribution in [1.29, 1.82) is 0 Å². The van der Waals surface area contributed by atoms with Crippen LogP contribution in [0.15, 0.2) is 30.9 Å². The van der Waals surface area contributed by atoms with E-state index in [9.17, 15) is 4.79 Å². The summed E-state index contributed by atoms with van der Waals surface area (Å²) in [6.45, 7) is 2.18. The summed E-state index contributed by atoms with van der Waals surface area (Å²) in [5, 5.41) is 0. The predicted octanol–water partition coefficient (Wildman–Crippen LogP) is 3.25. The number of hydrogen-bond acceptors (Lipinski definition) is 5. The Balaban J connectivity index is 1.80. The minimum Gasteiger partial charge on any atom is -0.465 e. The van der Waals surface area contributed by atoms with Crippen molar-refractivity contribution in [3.8, 4) is 0 Å². The Bertz CT molecular complexity index is 690. The van der Waals surface area contributed by atoms with Crippen molar-refractivity contribution >= 4 is 11.8 Å². The minimum atomic E-state index is -0.421. The fourth-order valence-corrected chi connectivity index (χ4v) is 3.46. The maximum atomic E-state index is 12.5. The fourth-order valence-electron chi connectivity index (χ4n) is 3.46. The van der Waals surface area contributed by atoms with Crippen LogP contribution < -0.4 is 5.73 Å². The lowest BCUT2D eigenvalue weighted by Crippen LogP contribution is -2.19. The highest BCUT2D eigenvalue weighted by Gasteiger charge is 2.26. The predicted molar refractivity (Wildman–Crippen MR) is 96.1 cm³/mol. The van der Waals surface area contributed by atoms with E-state index < -0.39 is 5.92 Å². The Morgan fingerprint density at radius 1 is 1.32 bits per heavy atom. The zero-order chi connectivity index (χ0) is 17.6. The number of anilines is 1. The molecule has 1 fully saturated rings. The first-order valence-electron chi connectivity index (χ1n) is 9.07. The zero-order valence-electron chi connectivity index (χ0n) is 14.7. The topological polar surface area (TPSA) is 83.0 Å². The number of esters is 1. The maximum absolute atomic E-state index is 12.5. The van der Waals surface area contributed by atoms with Gasteiger partial charge in [0.1, 0.15) is 11.7 Å². The molecule has 3 rings (SSSR count). The molecule has 134 valence electrons. The molecule has 6 heteroatoms. The number of nitrogens with two attached hydrogens (primary N) is 1. The number of carbonyl (C=O) groups excluding carboxylic acids is 1. The average molecular weight is 342 g/mol. The second kappa shape index (κ2) is 8.14. The summed E-state index contributed by atoms with van der Waals surface area (Å²) in [6, 6.07) is 4.14. The molecule has 1 aliphatic carbocycles. The Kier molecular flexibility index (Phi) is 5.68. The van der Waals surface area contributed by atoms with E-state index in [4.69, 9.17) is 10.5 Å². The molecule has 2 aromatic heterocycles. The Morgan fingerprint density at radius 3 is 2.80 bits per heavy atom. The van der Waals surface area contributed by atoms with E-state index in [0.29, 0.717) is 24.9 Å². The highest BCUT2D eigenvalue weighted by molar-refractivity contribution is 5.78. The third-order valence-corrected chi connectivity index (χ3v) is 4.83. The van der Waals surface area contributed by atoms with E-state index in [1.165, 1.54) is 32.1 Å². The molecule has 1 atom stereocenters. The van der Waals surface area contributed by atoms with Gasteiger partial charge in [-0.25, -0.2) is 9.97 Å². The molecule has 1 saturated carbocycles. The minimum absolute atomic E-state index is 0.242. The molecule has 0 aliphatic heterocycles. The van der Waals surface area contributed by atoms with Crippen molar-refractivity contribution in [2.75, 3.05) is 12.3 Å². The normalized spacial score (nSPS) is 16.5. The third-order valence-electron chi connectivity index (χ3n) is 4.83. The smallest absolute Gasteiger partial charge is 0.315 e. The summed E-state index contributed by atoms with van der Waals surface area (Å²) < 4.78 is 7.44. The van der Waals surface area contributed by atoms with Crippen LogP contribution in [0.3, 0.4) is 0 Å². The molecule has 2 aromatic rings. The van der Waals surface area contributed by atoms with Crippen molar-refractivity contribution in [2.45, 2.75) is 57.4 Å². The lowest BCUT2D eigenvalue weighted by Gasteiger charge is -2.22. The lowest BCUT2D eigenvalue weighted by atomic mass is 9.95. The largest absolute Gasteiger partial charge is 0.465 e. The van der Waals surface area contributed by atoms with Crippen LogP contribution in [-0.4, -0.2) is 27.1 Å². The monoisotopic (exact) mass is 342 g/mol. The highest BCUT2D eigenvalue weighted by Crippen LogP contribution is 2.29. The van der Waals surface area contributed by atoms with Gasteiger partial charge in [-0.05, 0) is 37.8 Å². The molecule has 2 heterocycles. The van der Waals surface area contributed by atoms with Gasteiger partial charge < -0.3 is 15.0 Å². The first kappa shape index (κ1) is 17.5. The summed E-state index contributed by atoms with van der Waals surface area (Å²) in [5.74, 6) is -0.193. The zero-order valence-corrected chi connectivity index (χ0v) is 14.7. The standard InChI is InChI=1S/C19H26N4O2/c1-2-25-19(24)16(10-14-8-9-18(20)21-11-14)17-12-23(13-22-17)15-6-4-3-5-7-15/h8-9,11-13,15-16H,2-7,10H2,1H3,(H2,20,21)/t16-/m1/s1. The molecule has 0 unspecified atom stereocenters. The van der Waals surface area contributed by atoms with Crippen LogP contribution in [0.4, 0.5) is 5.82 Å². The van der Waals surface area contributed by atoms with Crippen molar-refractivity contribution in [3.05, 3.63) is 42.1 Å². The van der Waals surface area contributed by atoms with Gasteiger partial charge in [-0.15, -0.1) is 0 Å². The summed E-state index contributed by atoms with van der Waals surface area (Å²) in [7, 11) is 0. The summed E-state index contributed by atoms with van der Waals surface area (Å²) in [4.78, 5) is 21.1. The van der Waals surface area contributed by atoms with Crippen LogP contribution in [0, 0.1) is 0 Å². The van der Waals surface area contributed by atoms with Gasteiger partial charge in [-0.1, -0.05) is 25.3 Å². The van der Waals surface area contributed by atoms with Crippen LogP contribution in [0.25, 0.3) is 0 Å². The lowest BCUT2D eigenvalue weighted by molar-refractivity contribution is -0.145. The SMILES string of the molecule is CCOC(=O)[C@H](Cc1ccc(N)nc1)c1cn(C2CCCCC2)cn1. The fraction of sp³-hybridized carbons (Fsp3) is 0.526. The molecule has 0 radical (unpaired) electrons. The molecular formula is C19H26N4O2. The van der Waals surface area contributed by atoms with Crippen LogP contribution in [0.1, 0.15) is 62.2 Å². The van der Waals surface area contributed by atoms with Crippen LogP contribution in [0.2, 0.25) is 0 Å². The van der Waals surface area contributed by atoms with Gasteiger partial charge in [0.15, 0.2) is 0 Å². The van der Waals surface area contributed by atoms with Crippen LogP contribution in [0.5, 0.6) is 0 Å².